The highest BCUT2D eigenvalue weighted by molar-refractivity contribution is 9.10. The van der Waals surface area contributed by atoms with Gasteiger partial charge >= 0.3 is 0 Å². The number of halogens is 2. The molecular formula is C16H18BrFN4S. The minimum atomic E-state index is -0.206. The van der Waals surface area contributed by atoms with E-state index in [1.165, 1.54) is 6.07 Å². The zero-order valence-corrected chi connectivity index (χ0v) is 15.3. The van der Waals surface area contributed by atoms with Crippen LogP contribution in [-0.2, 0) is 6.54 Å². The molecular weight excluding hydrogens is 379 g/mol. The van der Waals surface area contributed by atoms with Crippen LogP contribution in [0.15, 0.2) is 35.1 Å². The first-order chi connectivity index (χ1) is 11.1. The van der Waals surface area contributed by atoms with Crippen molar-refractivity contribution < 1.29 is 4.39 Å². The molecule has 2 heterocycles. The molecule has 1 aromatic heterocycles. The topological polar surface area (TPSA) is 32.3 Å². The predicted molar refractivity (Wildman–Crippen MR) is 97.8 cm³/mol. The molecule has 1 fully saturated rings. The van der Waals surface area contributed by atoms with Crippen LogP contribution in [0.5, 0.6) is 0 Å². The number of hydrogen-bond donors (Lipinski definition) is 0. The lowest BCUT2D eigenvalue weighted by atomic mass is 10.2. The summed E-state index contributed by atoms with van der Waals surface area (Å²) in [6, 6.07) is 6.96. The maximum absolute atomic E-state index is 13.9. The van der Waals surface area contributed by atoms with E-state index < -0.39 is 0 Å². The molecule has 7 heteroatoms. The number of benzene rings is 1. The highest BCUT2D eigenvalue weighted by atomic mass is 79.9. The fourth-order valence-corrected chi connectivity index (χ4v) is 3.82. The van der Waals surface area contributed by atoms with Gasteiger partial charge in [0, 0.05) is 54.3 Å². The largest absolute Gasteiger partial charge is 0.355 e. The molecule has 2 aromatic rings. The van der Waals surface area contributed by atoms with Crippen molar-refractivity contribution in [2.75, 3.05) is 41.4 Å². The first-order valence-corrected chi connectivity index (χ1v) is 9.38. The fraction of sp³-hybridized carbons (Fsp3) is 0.375. The van der Waals surface area contributed by atoms with E-state index in [9.17, 15) is 4.39 Å². The van der Waals surface area contributed by atoms with Crippen molar-refractivity contribution in [2.45, 2.75) is 6.54 Å². The van der Waals surface area contributed by atoms with E-state index in [-0.39, 0.29) is 5.82 Å². The molecule has 4 nitrogen and oxygen atoms in total. The fourth-order valence-electron chi connectivity index (χ4n) is 2.51. The van der Waals surface area contributed by atoms with Crippen molar-refractivity contribution >= 4 is 39.3 Å². The van der Waals surface area contributed by atoms with E-state index in [0.29, 0.717) is 12.1 Å². The lowest BCUT2D eigenvalue weighted by molar-refractivity contribution is 0.607. The van der Waals surface area contributed by atoms with Crippen molar-refractivity contribution in [2.24, 2.45) is 0 Å². The van der Waals surface area contributed by atoms with Crippen molar-refractivity contribution in [3.05, 3.63) is 46.4 Å². The minimum Gasteiger partial charge on any atom is -0.355 e. The molecule has 1 aromatic carbocycles. The van der Waals surface area contributed by atoms with E-state index in [4.69, 9.17) is 0 Å². The summed E-state index contributed by atoms with van der Waals surface area (Å²) < 4.78 is 14.8. The van der Waals surface area contributed by atoms with Crippen LogP contribution in [0.1, 0.15) is 5.56 Å². The molecule has 122 valence electrons. The summed E-state index contributed by atoms with van der Waals surface area (Å²) >= 11 is 5.35. The Labute approximate surface area is 148 Å². The van der Waals surface area contributed by atoms with Crippen LogP contribution >= 0.6 is 27.7 Å². The van der Waals surface area contributed by atoms with Crippen LogP contribution in [0.3, 0.4) is 0 Å². The molecule has 0 N–H and O–H groups in total. The summed E-state index contributed by atoms with van der Waals surface area (Å²) in [6.07, 6.45) is 1.58. The second-order valence-electron chi connectivity index (χ2n) is 5.43. The predicted octanol–water partition coefficient (Wildman–Crippen LogP) is 3.57. The van der Waals surface area contributed by atoms with Gasteiger partial charge in [0.15, 0.2) is 0 Å². The third kappa shape index (κ3) is 4.14. The zero-order chi connectivity index (χ0) is 16.2. The summed E-state index contributed by atoms with van der Waals surface area (Å²) in [6.45, 7) is 2.47. The number of nitrogens with zero attached hydrogens (tertiary/aromatic N) is 4. The third-order valence-corrected chi connectivity index (χ3v) is 5.22. The molecule has 0 saturated carbocycles. The molecule has 0 atom stereocenters. The van der Waals surface area contributed by atoms with Crippen LogP contribution in [0.4, 0.5) is 16.0 Å². The van der Waals surface area contributed by atoms with Gasteiger partial charge in [-0.1, -0.05) is 15.9 Å². The van der Waals surface area contributed by atoms with Gasteiger partial charge in [-0.3, -0.25) is 0 Å². The molecule has 1 aliphatic rings. The van der Waals surface area contributed by atoms with Gasteiger partial charge in [0.25, 0.3) is 0 Å². The van der Waals surface area contributed by atoms with Gasteiger partial charge in [0.05, 0.1) is 0 Å². The number of rotatable bonds is 4. The second-order valence-corrected chi connectivity index (χ2v) is 7.57. The van der Waals surface area contributed by atoms with Gasteiger partial charge in [-0.2, -0.15) is 11.8 Å². The standard InChI is InChI=1S/C16H18BrFN4S/c1-21(10-12-8-13(17)2-3-14(12)18)15-9-16(20-11-19-15)22-4-6-23-7-5-22/h2-3,8-9,11H,4-7,10H2,1H3. The Balaban J connectivity index is 1.76. The second kappa shape index (κ2) is 7.49. The van der Waals surface area contributed by atoms with E-state index in [1.54, 1.807) is 18.5 Å². The maximum atomic E-state index is 13.9. The van der Waals surface area contributed by atoms with Crippen molar-refractivity contribution in [1.82, 2.24) is 9.97 Å². The molecule has 1 aliphatic heterocycles. The lowest BCUT2D eigenvalue weighted by Gasteiger charge is -2.28. The minimum absolute atomic E-state index is 0.206. The average molecular weight is 397 g/mol. The van der Waals surface area contributed by atoms with Crippen LogP contribution < -0.4 is 9.80 Å². The van der Waals surface area contributed by atoms with Crippen molar-refractivity contribution in [1.29, 1.82) is 0 Å². The van der Waals surface area contributed by atoms with Crippen LogP contribution in [0.25, 0.3) is 0 Å². The Morgan fingerprint density at radius 2 is 2.04 bits per heavy atom. The van der Waals surface area contributed by atoms with E-state index in [1.807, 2.05) is 29.8 Å². The maximum Gasteiger partial charge on any atom is 0.134 e. The first-order valence-electron chi connectivity index (χ1n) is 7.43. The molecule has 0 aliphatic carbocycles. The Morgan fingerprint density at radius 1 is 1.26 bits per heavy atom. The molecule has 0 unspecified atom stereocenters. The molecule has 0 bridgehead atoms. The smallest absolute Gasteiger partial charge is 0.134 e. The van der Waals surface area contributed by atoms with Crippen LogP contribution in [0.2, 0.25) is 0 Å². The van der Waals surface area contributed by atoms with Gasteiger partial charge in [-0.05, 0) is 18.2 Å². The molecule has 1 saturated heterocycles. The Kier molecular flexibility index (Phi) is 5.38. The molecule has 0 amide bonds. The van der Waals surface area contributed by atoms with Gasteiger partial charge in [-0.15, -0.1) is 0 Å². The van der Waals surface area contributed by atoms with Crippen molar-refractivity contribution in [3.63, 3.8) is 0 Å². The summed E-state index contributed by atoms with van der Waals surface area (Å²) in [4.78, 5) is 12.9. The van der Waals surface area contributed by atoms with E-state index in [2.05, 4.69) is 30.8 Å². The van der Waals surface area contributed by atoms with E-state index >= 15 is 0 Å². The highest BCUT2D eigenvalue weighted by Gasteiger charge is 2.15. The van der Waals surface area contributed by atoms with Gasteiger partial charge in [0.2, 0.25) is 0 Å². The average Bonchev–Trinajstić information content (AvgIpc) is 2.59. The van der Waals surface area contributed by atoms with Gasteiger partial charge in [-0.25, -0.2) is 14.4 Å². The molecule has 3 rings (SSSR count). The number of anilines is 2. The molecule has 23 heavy (non-hydrogen) atoms. The zero-order valence-electron chi connectivity index (χ0n) is 12.9. The summed E-state index contributed by atoms with van der Waals surface area (Å²) in [5.74, 6) is 3.78. The van der Waals surface area contributed by atoms with Gasteiger partial charge < -0.3 is 9.80 Å². The summed E-state index contributed by atoms with van der Waals surface area (Å²) in [5, 5.41) is 0. The summed E-state index contributed by atoms with van der Waals surface area (Å²) in [7, 11) is 1.92. The third-order valence-electron chi connectivity index (χ3n) is 3.78. The van der Waals surface area contributed by atoms with Crippen LogP contribution in [0, 0.1) is 5.82 Å². The number of hydrogen-bond acceptors (Lipinski definition) is 5. The van der Waals surface area contributed by atoms with E-state index in [0.717, 1.165) is 40.7 Å². The summed E-state index contributed by atoms with van der Waals surface area (Å²) in [5.41, 5.74) is 0.636. The molecule has 0 spiro atoms. The Bertz CT molecular complexity index is 679. The Hall–Kier alpha value is -1.34. The lowest BCUT2D eigenvalue weighted by Crippen LogP contribution is -2.33. The number of thioether (sulfide) groups is 1. The quantitative estimate of drug-likeness (QED) is 0.788. The van der Waals surface area contributed by atoms with Crippen molar-refractivity contribution in [3.8, 4) is 0 Å². The SMILES string of the molecule is CN(Cc1cc(Br)ccc1F)c1cc(N2CCSCC2)ncn1. The highest BCUT2D eigenvalue weighted by Crippen LogP contribution is 2.23. The van der Waals surface area contributed by atoms with Gasteiger partial charge in [0.1, 0.15) is 23.8 Å². The Morgan fingerprint density at radius 3 is 2.83 bits per heavy atom. The number of aromatic nitrogens is 2. The monoisotopic (exact) mass is 396 g/mol. The van der Waals surface area contributed by atoms with Crippen LogP contribution in [-0.4, -0.2) is 41.6 Å². The molecule has 0 radical (unpaired) electrons. The normalized spacial score (nSPS) is 14.8. The first kappa shape index (κ1) is 16.5.